The van der Waals surface area contributed by atoms with Crippen LogP contribution in [0.5, 0.6) is 0 Å². The van der Waals surface area contributed by atoms with Crippen molar-refractivity contribution in [2.75, 3.05) is 24.7 Å². The number of fused-ring (bicyclic) bond motifs is 1. The number of halogens is 2. The van der Waals surface area contributed by atoms with Gasteiger partial charge in [-0.15, -0.1) is 0 Å². The Hall–Kier alpha value is -2.09. The standard InChI is InChI=1S/C23H23BrClN3O3/c1-22(2,3)31-21(29)28-18(9-15-8-16(24)17(25)10-19(15)28)14-4-5-20(26-11-14)27-7-6-23(27)12-30-13-23/h4-5,8-11H,6-7,12-13H2,1-3H3. The van der Waals surface area contributed by atoms with Crippen LogP contribution < -0.4 is 4.90 Å². The summed E-state index contributed by atoms with van der Waals surface area (Å²) >= 11 is 9.81. The largest absolute Gasteiger partial charge is 0.443 e. The first kappa shape index (κ1) is 20.8. The van der Waals surface area contributed by atoms with E-state index in [4.69, 9.17) is 26.1 Å². The molecule has 0 N–H and O–H groups in total. The van der Waals surface area contributed by atoms with Gasteiger partial charge in [0, 0.05) is 28.2 Å². The number of ether oxygens (including phenoxy) is 2. The lowest BCUT2D eigenvalue weighted by Crippen LogP contribution is -2.71. The van der Waals surface area contributed by atoms with Gasteiger partial charge in [0.2, 0.25) is 0 Å². The van der Waals surface area contributed by atoms with Crippen molar-refractivity contribution < 1.29 is 14.3 Å². The van der Waals surface area contributed by atoms with E-state index in [2.05, 4.69) is 20.8 Å². The Balaban J connectivity index is 1.57. The smallest absolute Gasteiger partial charge is 0.419 e. The number of rotatable bonds is 2. The number of aromatic nitrogens is 2. The van der Waals surface area contributed by atoms with Crippen LogP contribution in [0, 0.1) is 0 Å². The van der Waals surface area contributed by atoms with E-state index in [9.17, 15) is 4.79 Å². The van der Waals surface area contributed by atoms with Crippen LogP contribution in [0.1, 0.15) is 27.2 Å². The van der Waals surface area contributed by atoms with Crippen molar-refractivity contribution in [3.8, 4) is 11.3 Å². The molecule has 4 heterocycles. The Morgan fingerprint density at radius 1 is 1.26 bits per heavy atom. The summed E-state index contributed by atoms with van der Waals surface area (Å²) in [4.78, 5) is 20.1. The van der Waals surface area contributed by atoms with E-state index in [1.165, 1.54) is 0 Å². The molecule has 0 saturated carbocycles. The molecule has 3 aromatic rings. The van der Waals surface area contributed by atoms with Crippen LogP contribution in [-0.4, -0.2) is 46.5 Å². The predicted octanol–water partition coefficient (Wildman–Crippen LogP) is 5.88. The van der Waals surface area contributed by atoms with Gasteiger partial charge in [0.05, 0.1) is 35.0 Å². The minimum atomic E-state index is -0.622. The first-order valence-electron chi connectivity index (χ1n) is 10.2. The Bertz CT molecular complexity index is 1170. The fraction of sp³-hybridized carbons (Fsp3) is 0.391. The fourth-order valence-electron chi connectivity index (χ4n) is 4.15. The van der Waals surface area contributed by atoms with E-state index in [0.717, 1.165) is 47.4 Å². The van der Waals surface area contributed by atoms with Crippen molar-refractivity contribution in [3.05, 3.63) is 46.0 Å². The van der Waals surface area contributed by atoms with E-state index >= 15 is 0 Å². The number of hydrogen-bond acceptors (Lipinski definition) is 5. The highest BCUT2D eigenvalue weighted by atomic mass is 79.9. The number of nitrogens with zero attached hydrogens (tertiary/aromatic N) is 3. The van der Waals surface area contributed by atoms with Gasteiger partial charge in [0.15, 0.2) is 0 Å². The Labute approximate surface area is 194 Å². The van der Waals surface area contributed by atoms with Crippen LogP contribution >= 0.6 is 27.5 Å². The molecule has 6 nitrogen and oxygen atoms in total. The van der Waals surface area contributed by atoms with Crippen LogP contribution in [0.4, 0.5) is 10.6 Å². The lowest BCUT2D eigenvalue weighted by Gasteiger charge is -2.58. The summed E-state index contributed by atoms with van der Waals surface area (Å²) in [5.74, 6) is 0.934. The number of carbonyl (C=O) groups excluding carboxylic acids is 1. The maximum Gasteiger partial charge on any atom is 0.419 e. The van der Waals surface area contributed by atoms with Gasteiger partial charge in [0.25, 0.3) is 0 Å². The highest BCUT2D eigenvalue weighted by Crippen LogP contribution is 2.41. The number of pyridine rings is 1. The van der Waals surface area contributed by atoms with E-state index in [-0.39, 0.29) is 5.54 Å². The van der Waals surface area contributed by atoms with Gasteiger partial charge in [-0.3, -0.25) is 0 Å². The summed E-state index contributed by atoms with van der Waals surface area (Å²) in [6.45, 7) is 8.06. The van der Waals surface area contributed by atoms with Crippen molar-refractivity contribution >= 4 is 50.3 Å². The predicted molar refractivity (Wildman–Crippen MR) is 125 cm³/mol. The van der Waals surface area contributed by atoms with E-state index < -0.39 is 11.7 Å². The molecule has 2 fully saturated rings. The maximum atomic E-state index is 13.1. The van der Waals surface area contributed by atoms with Crippen LogP contribution in [0.15, 0.2) is 41.0 Å². The third-order valence-electron chi connectivity index (χ3n) is 5.85. The average Bonchev–Trinajstić information content (AvgIpc) is 2.97. The molecule has 5 rings (SSSR count). The lowest BCUT2D eigenvalue weighted by molar-refractivity contribution is -0.0851. The van der Waals surface area contributed by atoms with Gasteiger partial charge in [0.1, 0.15) is 11.4 Å². The molecule has 2 saturated heterocycles. The Kier molecular flexibility index (Phi) is 4.84. The molecule has 0 atom stereocenters. The fourth-order valence-corrected chi connectivity index (χ4v) is 4.67. The molecular formula is C23H23BrClN3O3. The Morgan fingerprint density at radius 2 is 2.03 bits per heavy atom. The van der Waals surface area contributed by atoms with Crippen LogP contribution in [0.25, 0.3) is 22.2 Å². The van der Waals surface area contributed by atoms with Crippen LogP contribution in [0.3, 0.4) is 0 Å². The number of hydrogen-bond donors (Lipinski definition) is 0. The summed E-state index contributed by atoms with van der Waals surface area (Å²) < 4.78 is 13.4. The van der Waals surface area contributed by atoms with Crippen LogP contribution in [0.2, 0.25) is 5.02 Å². The minimum absolute atomic E-state index is 0.128. The lowest BCUT2D eigenvalue weighted by atomic mass is 9.83. The van der Waals surface area contributed by atoms with Crippen molar-refractivity contribution in [2.45, 2.75) is 38.3 Å². The molecule has 8 heteroatoms. The normalized spacial score (nSPS) is 17.5. The SMILES string of the molecule is CC(C)(C)OC(=O)n1c(-c2ccc(N3CCC34COC4)nc2)cc2cc(Br)c(Cl)cc21. The summed E-state index contributed by atoms with van der Waals surface area (Å²) in [7, 11) is 0. The molecule has 2 aromatic heterocycles. The van der Waals surface area contributed by atoms with Gasteiger partial charge in [-0.25, -0.2) is 14.3 Å². The molecule has 0 bridgehead atoms. The van der Waals surface area contributed by atoms with E-state index in [1.54, 1.807) is 10.6 Å². The second kappa shape index (κ2) is 7.22. The molecule has 0 radical (unpaired) electrons. The molecule has 0 amide bonds. The third-order valence-corrected chi connectivity index (χ3v) is 7.05. The molecule has 162 valence electrons. The Morgan fingerprint density at radius 3 is 2.58 bits per heavy atom. The molecule has 0 unspecified atom stereocenters. The van der Waals surface area contributed by atoms with Crippen molar-refractivity contribution in [1.82, 2.24) is 9.55 Å². The molecule has 2 aliphatic rings. The molecular weight excluding hydrogens is 482 g/mol. The van der Waals surface area contributed by atoms with Crippen molar-refractivity contribution in [3.63, 3.8) is 0 Å². The average molecular weight is 505 g/mol. The number of anilines is 1. The summed E-state index contributed by atoms with van der Waals surface area (Å²) in [6.07, 6.45) is 2.50. The molecule has 1 spiro atoms. The van der Waals surface area contributed by atoms with Gasteiger partial charge in [-0.05, 0) is 73.5 Å². The highest BCUT2D eigenvalue weighted by Gasteiger charge is 2.51. The molecule has 2 aliphatic heterocycles. The van der Waals surface area contributed by atoms with Gasteiger partial charge >= 0.3 is 6.09 Å². The minimum Gasteiger partial charge on any atom is -0.443 e. The van der Waals surface area contributed by atoms with E-state index in [1.807, 2.05) is 51.2 Å². The van der Waals surface area contributed by atoms with E-state index in [0.29, 0.717) is 16.2 Å². The maximum absolute atomic E-state index is 13.1. The second-order valence-corrected chi connectivity index (χ2v) is 10.5. The molecule has 0 aliphatic carbocycles. The zero-order valence-corrected chi connectivity index (χ0v) is 20.0. The first-order valence-corrected chi connectivity index (χ1v) is 11.4. The number of benzene rings is 1. The van der Waals surface area contributed by atoms with Crippen LogP contribution in [-0.2, 0) is 9.47 Å². The summed E-state index contributed by atoms with van der Waals surface area (Å²) in [6, 6.07) is 9.65. The zero-order valence-electron chi connectivity index (χ0n) is 17.6. The monoisotopic (exact) mass is 503 g/mol. The van der Waals surface area contributed by atoms with Gasteiger partial charge < -0.3 is 14.4 Å². The third kappa shape index (κ3) is 3.52. The number of carbonyl (C=O) groups is 1. The van der Waals surface area contributed by atoms with Gasteiger partial charge in [-0.1, -0.05) is 11.6 Å². The van der Waals surface area contributed by atoms with Gasteiger partial charge in [-0.2, -0.15) is 0 Å². The zero-order chi connectivity index (χ0) is 22.0. The quantitative estimate of drug-likeness (QED) is 0.436. The molecule has 1 aromatic carbocycles. The highest BCUT2D eigenvalue weighted by molar-refractivity contribution is 9.10. The topological polar surface area (TPSA) is 56.6 Å². The van der Waals surface area contributed by atoms with Crippen molar-refractivity contribution in [2.24, 2.45) is 0 Å². The van der Waals surface area contributed by atoms with Crippen molar-refractivity contribution in [1.29, 1.82) is 0 Å². The molecule has 31 heavy (non-hydrogen) atoms. The summed E-state index contributed by atoms with van der Waals surface area (Å²) in [5, 5.41) is 1.41. The second-order valence-electron chi connectivity index (χ2n) is 9.19. The first-order chi connectivity index (χ1) is 14.7. The summed E-state index contributed by atoms with van der Waals surface area (Å²) in [5.41, 5.74) is 1.74.